The third-order valence-corrected chi connectivity index (χ3v) is 3.69. The van der Waals surface area contributed by atoms with E-state index in [1.807, 2.05) is 73.7 Å². The quantitative estimate of drug-likeness (QED) is 0.844. The summed E-state index contributed by atoms with van der Waals surface area (Å²) in [6, 6.07) is 20.6. The highest BCUT2D eigenvalue weighted by atomic mass is 15.6. The summed E-state index contributed by atoms with van der Waals surface area (Å²) in [6.07, 6.45) is 0. The van der Waals surface area contributed by atoms with Crippen LogP contribution in [-0.2, 0) is 0 Å². The predicted molar refractivity (Wildman–Crippen MR) is 81.7 cm³/mol. The van der Waals surface area contributed by atoms with E-state index in [0.29, 0.717) is 0 Å². The van der Waals surface area contributed by atoms with Gasteiger partial charge in [-0.2, -0.15) is 10.5 Å². The summed E-state index contributed by atoms with van der Waals surface area (Å²) in [6.45, 7) is 2.00. The summed E-state index contributed by atoms with van der Waals surface area (Å²) < 4.78 is 0. The van der Waals surface area contributed by atoms with Crippen LogP contribution >= 0.6 is 0 Å². The van der Waals surface area contributed by atoms with Crippen LogP contribution in [0.25, 0.3) is 0 Å². The highest BCUT2D eigenvalue weighted by molar-refractivity contribution is 5.54. The first-order chi connectivity index (χ1) is 10.7. The van der Waals surface area contributed by atoms with E-state index in [1.54, 1.807) is 5.01 Å². The van der Waals surface area contributed by atoms with Crippen LogP contribution in [0.4, 0.5) is 5.69 Å². The average Bonchev–Trinajstić information content (AvgIpc) is 2.96. The van der Waals surface area contributed by atoms with Crippen molar-refractivity contribution in [2.75, 3.05) is 5.01 Å². The Hall–Kier alpha value is -3.18. The Bertz CT molecular complexity index is 767. The Morgan fingerprint density at radius 1 is 1.00 bits per heavy atom. The molecule has 5 heteroatoms. The molecule has 1 atom stereocenters. The first kappa shape index (κ1) is 13.8. The first-order valence-corrected chi connectivity index (χ1v) is 6.86. The van der Waals surface area contributed by atoms with E-state index in [1.165, 1.54) is 0 Å². The largest absolute Gasteiger partial charge is 0.279 e. The molecule has 0 saturated heterocycles. The van der Waals surface area contributed by atoms with Gasteiger partial charge in [-0.15, -0.1) is 5.11 Å². The van der Waals surface area contributed by atoms with Gasteiger partial charge in [0.1, 0.15) is 18.2 Å². The summed E-state index contributed by atoms with van der Waals surface area (Å²) in [4.78, 5) is 0. The second kappa shape index (κ2) is 5.31. The van der Waals surface area contributed by atoms with Crippen molar-refractivity contribution < 1.29 is 0 Å². The van der Waals surface area contributed by atoms with E-state index in [4.69, 9.17) is 0 Å². The van der Waals surface area contributed by atoms with Crippen LogP contribution < -0.4 is 5.01 Å². The second-order valence-electron chi connectivity index (χ2n) is 5.17. The molecule has 1 heterocycles. The lowest BCUT2D eigenvalue weighted by Gasteiger charge is -2.26. The zero-order valence-corrected chi connectivity index (χ0v) is 12.0. The molecular weight excluding hydrogens is 274 g/mol. The van der Waals surface area contributed by atoms with Crippen LogP contribution in [0.15, 0.2) is 64.9 Å². The average molecular weight is 287 g/mol. The number of hydrogen-bond donors (Lipinski definition) is 0. The molecule has 0 spiro atoms. The van der Waals surface area contributed by atoms with Gasteiger partial charge < -0.3 is 0 Å². The summed E-state index contributed by atoms with van der Waals surface area (Å²) in [5.74, 6) is 0. The number of nitrogens with zero attached hydrogens (tertiary/aromatic N) is 5. The number of benzene rings is 2. The van der Waals surface area contributed by atoms with Crippen molar-refractivity contribution in [3.8, 4) is 12.1 Å². The number of anilines is 1. The summed E-state index contributed by atoms with van der Waals surface area (Å²) in [5.41, 5.74) is 1.22. The Morgan fingerprint density at radius 2 is 1.64 bits per heavy atom. The van der Waals surface area contributed by atoms with Crippen molar-refractivity contribution in [2.24, 2.45) is 10.3 Å². The van der Waals surface area contributed by atoms with Gasteiger partial charge in [0.25, 0.3) is 5.54 Å². The maximum atomic E-state index is 9.50. The molecule has 1 unspecified atom stereocenters. The molecule has 5 nitrogen and oxygen atoms in total. The minimum absolute atomic E-state index is 0.564. The fourth-order valence-corrected chi connectivity index (χ4v) is 2.51. The van der Waals surface area contributed by atoms with E-state index in [-0.39, 0.29) is 0 Å². The maximum Gasteiger partial charge on any atom is 0.279 e. The van der Waals surface area contributed by atoms with Gasteiger partial charge in [-0.1, -0.05) is 53.3 Å². The smallest absolute Gasteiger partial charge is 0.235 e. The zero-order valence-electron chi connectivity index (χ0n) is 12.0. The van der Waals surface area contributed by atoms with Gasteiger partial charge in [0.2, 0.25) is 0 Å². The Kier molecular flexibility index (Phi) is 3.33. The van der Waals surface area contributed by atoms with Crippen molar-refractivity contribution in [2.45, 2.75) is 18.5 Å². The highest BCUT2D eigenvalue weighted by Crippen LogP contribution is 2.42. The molecule has 0 N–H and O–H groups in total. The summed E-state index contributed by atoms with van der Waals surface area (Å²) in [5, 5.41) is 28.7. The fraction of sp³-hybridized carbons (Fsp3) is 0.176. The minimum atomic E-state index is -1.54. The lowest BCUT2D eigenvalue weighted by atomic mass is 9.88. The van der Waals surface area contributed by atoms with E-state index >= 15 is 0 Å². The normalized spacial score (nSPS) is 18.7. The maximum absolute atomic E-state index is 9.50. The molecule has 0 fully saturated rings. The Labute approximate surface area is 128 Å². The SMILES string of the molecule is Cc1ccc(N2N=NC(C#N)(C#N)C2c2ccccc2)cc1. The predicted octanol–water partition coefficient (Wildman–Crippen LogP) is 3.71. The first-order valence-electron chi connectivity index (χ1n) is 6.86. The van der Waals surface area contributed by atoms with Crippen LogP contribution in [-0.4, -0.2) is 5.54 Å². The third-order valence-electron chi connectivity index (χ3n) is 3.69. The summed E-state index contributed by atoms with van der Waals surface area (Å²) >= 11 is 0. The molecule has 2 aromatic rings. The van der Waals surface area contributed by atoms with Gasteiger partial charge in [-0.05, 0) is 24.6 Å². The molecule has 0 amide bonds. The lowest BCUT2D eigenvalue weighted by Crippen LogP contribution is -2.35. The molecule has 0 radical (unpaired) electrons. The van der Waals surface area contributed by atoms with Crippen LogP contribution in [0, 0.1) is 29.6 Å². The van der Waals surface area contributed by atoms with Crippen molar-refractivity contribution in [1.82, 2.24) is 0 Å². The van der Waals surface area contributed by atoms with Crippen molar-refractivity contribution in [3.05, 3.63) is 65.7 Å². The van der Waals surface area contributed by atoms with Crippen molar-refractivity contribution in [3.63, 3.8) is 0 Å². The molecule has 0 saturated carbocycles. The van der Waals surface area contributed by atoms with Crippen LogP contribution in [0.2, 0.25) is 0 Å². The molecule has 22 heavy (non-hydrogen) atoms. The molecule has 106 valence electrons. The van der Waals surface area contributed by atoms with Crippen LogP contribution in [0.1, 0.15) is 17.2 Å². The van der Waals surface area contributed by atoms with Crippen molar-refractivity contribution in [1.29, 1.82) is 10.5 Å². The van der Waals surface area contributed by atoms with E-state index in [9.17, 15) is 10.5 Å². The van der Waals surface area contributed by atoms with Gasteiger partial charge in [-0.3, -0.25) is 0 Å². The van der Waals surface area contributed by atoms with Gasteiger partial charge in [-0.25, -0.2) is 5.01 Å². The number of hydrogen-bond acceptors (Lipinski definition) is 5. The van der Waals surface area contributed by atoms with Gasteiger partial charge in [0.15, 0.2) is 0 Å². The monoisotopic (exact) mass is 287 g/mol. The Morgan fingerprint density at radius 3 is 2.23 bits per heavy atom. The molecule has 0 aromatic heterocycles. The number of aryl methyl sites for hydroxylation is 1. The van der Waals surface area contributed by atoms with Crippen LogP contribution in [0.5, 0.6) is 0 Å². The van der Waals surface area contributed by atoms with Crippen molar-refractivity contribution >= 4 is 5.69 Å². The molecule has 0 aliphatic carbocycles. The number of rotatable bonds is 2. The van der Waals surface area contributed by atoms with E-state index < -0.39 is 11.6 Å². The van der Waals surface area contributed by atoms with Gasteiger partial charge in [0.05, 0.1) is 5.69 Å². The minimum Gasteiger partial charge on any atom is -0.235 e. The second-order valence-corrected chi connectivity index (χ2v) is 5.17. The van der Waals surface area contributed by atoms with E-state index in [0.717, 1.165) is 16.8 Å². The molecule has 3 rings (SSSR count). The molecule has 1 aliphatic rings. The molecular formula is C17H13N5. The topological polar surface area (TPSA) is 75.5 Å². The zero-order chi connectivity index (χ0) is 15.6. The molecule has 0 bridgehead atoms. The third kappa shape index (κ3) is 2.10. The van der Waals surface area contributed by atoms with Crippen LogP contribution in [0.3, 0.4) is 0 Å². The number of nitriles is 2. The van der Waals surface area contributed by atoms with Gasteiger partial charge in [0, 0.05) is 0 Å². The standard InChI is InChI=1S/C17H13N5/c1-13-7-9-15(10-8-13)22-16(14-5-3-2-4-6-14)17(11-18,12-19)20-21-22/h2-10,16H,1H3. The van der Waals surface area contributed by atoms with Gasteiger partial charge >= 0.3 is 0 Å². The fourth-order valence-electron chi connectivity index (χ4n) is 2.51. The summed E-state index contributed by atoms with van der Waals surface area (Å²) in [7, 11) is 0. The van der Waals surface area contributed by atoms with E-state index in [2.05, 4.69) is 10.3 Å². The highest BCUT2D eigenvalue weighted by Gasteiger charge is 2.50. The molecule has 1 aliphatic heterocycles. The molecule has 2 aromatic carbocycles. The Balaban J connectivity index is 2.11. The lowest BCUT2D eigenvalue weighted by molar-refractivity contribution is 0.576.